The third-order valence-electron chi connectivity index (χ3n) is 3.36. The van der Waals surface area contributed by atoms with Crippen molar-refractivity contribution in [3.63, 3.8) is 0 Å². The molecule has 0 aliphatic rings. The first-order chi connectivity index (χ1) is 9.63. The minimum atomic E-state index is 0.206. The molecule has 0 amide bonds. The van der Waals surface area contributed by atoms with E-state index in [1.807, 2.05) is 18.2 Å². The monoisotopic (exact) mass is 271 g/mol. The van der Waals surface area contributed by atoms with Crippen LogP contribution in [0.3, 0.4) is 0 Å². The van der Waals surface area contributed by atoms with Crippen molar-refractivity contribution in [2.45, 2.75) is 19.9 Å². The maximum atomic E-state index is 5.40. The molecule has 106 valence electrons. The van der Waals surface area contributed by atoms with Crippen LogP contribution in [0, 0.1) is 6.92 Å². The largest absolute Gasteiger partial charge is 0.497 e. The minimum Gasteiger partial charge on any atom is -0.497 e. The van der Waals surface area contributed by atoms with Gasteiger partial charge in [-0.05, 0) is 31.5 Å². The number of nitrogens with one attached hydrogen (secondary N) is 1. The number of hydrogen-bond acceptors (Lipinski definition) is 3. The summed E-state index contributed by atoms with van der Waals surface area (Å²) < 4.78 is 10.6. The Morgan fingerprint density at radius 3 is 2.25 bits per heavy atom. The van der Waals surface area contributed by atoms with Gasteiger partial charge in [-0.3, -0.25) is 0 Å². The standard InChI is InChI=1S/C17H21NO2/c1-12-5-7-14(8-6-12)13(2)18-16-10-9-15(19-3)11-17(16)20-4/h5-11,13,18H,1-4H3. The lowest BCUT2D eigenvalue weighted by Crippen LogP contribution is -2.07. The molecule has 0 aliphatic carbocycles. The van der Waals surface area contributed by atoms with Crippen LogP contribution in [-0.2, 0) is 0 Å². The molecule has 0 spiro atoms. The van der Waals surface area contributed by atoms with E-state index in [1.54, 1.807) is 14.2 Å². The van der Waals surface area contributed by atoms with Gasteiger partial charge in [0.1, 0.15) is 11.5 Å². The van der Waals surface area contributed by atoms with E-state index < -0.39 is 0 Å². The number of methoxy groups -OCH3 is 2. The van der Waals surface area contributed by atoms with Crippen molar-refractivity contribution in [3.05, 3.63) is 53.6 Å². The van der Waals surface area contributed by atoms with Crippen molar-refractivity contribution in [2.24, 2.45) is 0 Å². The van der Waals surface area contributed by atoms with E-state index in [9.17, 15) is 0 Å². The SMILES string of the molecule is COc1ccc(NC(C)c2ccc(C)cc2)c(OC)c1. The summed E-state index contributed by atoms with van der Waals surface area (Å²) in [5.74, 6) is 1.57. The highest BCUT2D eigenvalue weighted by molar-refractivity contribution is 5.60. The van der Waals surface area contributed by atoms with E-state index in [-0.39, 0.29) is 6.04 Å². The van der Waals surface area contributed by atoms with Crippen LogP contribution in [0.15, 0.2) is 42.5 Å². The zero-order valence-corrected chi connectivity index (χ0v) is 12.4. The van der Waals surface area contributed by atoms with Gasteiger partial charge in [-0.25, -0.2) is 0 Å². The predicted molar refractivity (Wildman–Crippen MR) is 82.8 cm³/mol. The molecule has 0 aromatic heterocycles. The summed E-state index contributed by atoms with van der Waals surface area (Å²) in [5, 5.41) is 3.47. The first kappa shape index (κ1) is 14.3. The van der Waals surface area contributed by atoms with Gasteiger partial charge in [-0.1, -0.05) is 29.8 Å². The van der Waals surface area contributed by atoms with Crippen LogP contribution in [0.25, 0.3) is 0 Å². The Labute approximate surface area is 120 Å². The summed E-state index contributed by atoms with van der Waals surface area (Å²) in [6.07, 6.45) is 0. The number of hydrogen-bond donors (Lipinski definition) is 1. The Hall–Kier alpha value is -2.16. The first-order valence-corrected chi connectivity index (χ1v) is 6.69. The van der Waals surface area contributed by atoms with Gasteiger partial charge in [-0.2, -0.15) is 0 Å². The molecule has 0 heterocycles. The summed E-state index contributed by atoms with van der Waals surface area (Å²) in [7, 11) is 3.31. The Balaban J connectivity index is 2.18. The highest BCUT2D eigenvalue weighted by Gasteiger charge is 2.09. The van der Waals surface area contributed by atoms with E-state index in [0.717, 1.165) is 17.2 Å². The summed E-state index contributed by atoms with van der Waals surface area (Å²) in [5.41, 5.74) is 3.47. The van der Waals surface area contributed by atoms with Gasteiger partial charge in [0.25, 0.3) is 0 Å². The van der Waals surface area contributed by atoms with Gasteiger partial charge in [-0.15, -0.1) is 0 Å². The molecule has 2 rings (SSSR count). The molecule has 2 aromatic rings. The zero-order chi connectivity index (χ0) is 14.5. The summed E-state index contributed by atoms with van der Waals surface area (Å²) >= 11 is 0. The maximum absolute atomic E-state index is 5.40. The highest BCUT2D eigenvalue weighted by Crippen LogP contribution is 2.31. The average Bonchev–Trinajstić information content (AvgIpc) is 2.48. The van der Waals surface area contributed by atoms with Crippen LogP contribution in [-0.4, -0.2) is 14.2 Å². The molecular weight excluding hydrogens is 250 g/mol. The number of aryl methyl sites for hydroxylation is 1. The van der Waals surface area contributed by atoms with Crippen molar-refractivity contribution >= 4 is 5.69 Å². The van der Waals surface area contributed by atoms with Crippen molar-refractivity contribution < 1.29 is 9.47 Å². The fourth-order valence-corrected chi connectivity index (χ4v) is 2.09. The van der Waals surface area contributed by atoms with Crippen molar-refractivity contribution in [2.75, 3.05) is 19.5 Å². The molecule has 1 atom stereocenters. The molecule has 3 heteroatoms. The second kappa shape index (κ2) is 6.33. The number of ether oxygens (including phenoxy) is 2. The Bertz CT molecular complexity index is 564. The first-order valence-electron chi connectivity index (χ1n) is 6.69. The lowest BCUT2D eigenvalue weighted by Gasteiger charge is -2.18. The Morgan fingerprint density at radius 1 is 0.950 bits per heavy atom. The Kier molecular flexibility index (Phi) is 4.51. The molecule has 3 nitrogen and oxygen atoms in total. The van der Waals surface area contributed by atoms with Crippen LogP contribution in [0.2, 0.25) is 0 Å². The van der Waals surface area contributed by atoms with Gasteiger partial charge in [0.15, 0.2) is 0 Å². The van der Waals surface area contributed by atoms with Gasteiger partial charge >= 0.3 is 0 Å². The summed E-state index contributed by atoms with van der Waals surface area (Å²) in [6, 6.07) is 14.5. The molecular formula is C17H21NO2. The molecule has 1 N–H and O–H groups in total. The van der Waals surface area contributed by atoms with Crippen molar-refractivity contribution in [1.82, 2.24) is 0 Å². The second-order valence-corrected chi connectivity index (χ2v) is 4.84. The van der Waals surface area contributed by atoms with Gasteiger partial charge in [0, 0.05) is 12.1 Å². The molecule has 0 saturated carbocycles. The second-order valence-electron chi connectivity index (χ2n) is 4.84. The number of benzene rings is 2. The normalized spacial score (nSPS) is 11.8. The lowest BCUT2D eigenvalue weighted by molar-refractivity contribution is 0.395. The van der Waals surface area contributed by atoms with Gasteiger partial charge in [0.2, 0.25) is 0 Å². The van der Waals surface area contributed by atoms with Crippen LogP contribution >= 0.6 is 0 Å². The molecule has 0 fully saturated rings. The third-order valence-corrected chi connectivity index (χ3v) is 3.36. The molecule has 0 bridgehead atoms. The van der Waals surface area contributed by atoms with E-state index in [1.165, 1.54) is 11.1 Å². The van der Waals surface area contributed by atoms with Crippen LogP contribution in [0.5, 0.6) is 11.5 Å². The fraction of sp³-hybridized carbons (Fsp3) is 0.294. The summed E-state index contributed by atoms with van der Waals surface area (Å²) in [4.78, 5) is 0. The third kappa shape index (κ3) is 3.23. The van der Waals surface area contributed by atoms with E-state index in [0.29, 0.717) is 0 Å². The highest BCUT2D eigenvalue weighted by atomic mass is 16.5. The molecule has 1 unspecified atom stereocenters. The topological polar surface area (TPSA) is 30.5 Å². The van der Waals surface area contributed by atoms with Crippen LogP contribution in [0.1, 0.15) is 24.1 Å². The molecule has 2 aromatic carbocycles. The van der Waals surface area contributed by atoms with Crippen LogP contribution < -0.4 is 14.8 Å². The smallest absolute Gasteiger partial charge is 0.145 e. The molecule has 0 aliphatic heterocycles. The van der Waals surface area contributed by atoms with Gasteiger partial charge < -0.3 is 14.8 Å². The molecule has 20 heavy (non-hydrogen) atoms. The fourth-order valence-electron chi connectivity index (χ4n) is 2.09. The average molecular weight is 271 g/mol. The van der Waals surface area contributed by atoms with E-state index in [4.69, 9.17) is 9.47 Å². The number of anilines is 1. The zero-order valence-electron chi connectivity index (χ0n) is 12.4. The molecule has 0 saturated heterocycles. The lowest BCUT2D eigenvalue weighted by atomic mass is 10.1. The van der Waals surface area contributed by atoms with E-state index >= 15 is 0 Å². The Morgan fingerprint density at radius 2 is 1.65 bits per heavy atom. The van der Waals surface area contributed by atoms with E-state index in [2.05, 4.69) is 43.4 Å². The van der Waals surface area contributed by atoms with Crippen molar-refractivity contribution in [3.8, 4) is 11.5 Å². The number of rotatable bonds is 5. The predicted octanol–water partition coefficient (Wildman–Crippen LogP) is 4.19. The minimum absolute atomic E-state index is 0.206. The quantitative estimate of drug-likeness (QED) is 0.884. The maximum Gasteiger partial charge on any atom is 0.145 e. The van der Waals surface area contributed by atoms with Crippen LogP contribution in [0.4, 0.5) is 5.69 Å². The summed E-state index contributed by atoms with van der Waals surface area (Å²) in [6.45, 7) is 4.22. The molecule has 0 radical (unpaired) electrons. The van der Waals surface area contributed by atoms with Crippen molar-refractivity contribution in [1.29, 1.82) is 0 Å². The van der Waals surface area contributed by atoms with Gasteiger partial charge in [0.05, 0.1) is 19.9 Å².